The Hall–Kier alpha value is -2.07. The normalized spacial score (nSPS) is 11.7. The highest BCUT2D eigenvalue weighted by Gasteiger charge is 2.14. The predicted octanol–water partition coefficient (Wildman–Crippen LogP) is 3.83. The highest BCUT2D eigenvalue weighted by molar-refractivity contribution is 7.92. The Bertz CT molecular complexity index is 716. The van der Waals surface area contributed by atoms with E-state index in [2.05, 4.69) is 4.72 Å². The molecule has 104 valence electrons. The molecule has 0 aliphatic carbocycles. The van der Waals surface area contributed by atoms with Crippen LogP contribution in [0.5, 0.6) is 0 Å². The highest BCUT2D eigenvalue weighted by atomic mass is 32.2. The zero-order chi connectivity index (χ0) is 14.6. The molecule has 2 rings (SSSR count). The van der Waals surface area contributed by atoms with Crippen LogP contribution in [-0.4, -0.2) is 8.42 Å². The molecule has 0 aliphatic rings. The van der Waals surface area contributed by atoms with Crippen molar-refractivity contribution in [1.29, 1.82) is 0 Å². The molecule has 0 unspecified atom stereocenters. The second-order valence-corrected chi connectivity index (χ2v) is 6.19. The summed E-state index contributed by atoms with van der Waals surface area (Å²) in [5.74, 6) is 0. The van der Waals surface area contributed by atoms with Crippen LogP contribution in [0.4, 0.5) is 5.69 Å². The Labute approximate surface area is 120 Å². The number of nitrogens with one attached hydrogen (secondary N) is 1. The lowest BCUT2D eigenvalue weighted by Gasteiger charge is -2.10. The van der Waals surface area contributed by atoms with Crippen molar-refractivity contribution in [3.8, 4) is 0 Å². The van der Waals surface area contributed by atoms with Crippen LogP contribution >= 0.6 is 0 Å². The summed E-state index contributed by atoms with van der Waals surface area (Å²) in [4.78, 5) is 0.262. The second-order valence-electron chi connectivity index (χ2n) is 4.51. The van der Waals surface area contributed by atoms with Gasteiger partial charge >= 0.3 is 0 Å². The predicted molar refractivity (Wildman–Crippen MR) is 83.1 cm³/mol. The van der Waals surface area contributed by atoms with E-state index in [0.717, 1.165) is 11.1 Å². The minimum atomic E-state index is -3.55. The molecule has 2 aromatic rings. The Kier molecular flexibility index (Phi) is 4.25. The molecule has 4 heteroatoms. The van der Waals surface area contributed by atoms with Crippen molar-refractivity contribution >= 4 is 21.8 Å². The van der Waals surface area contributed by atoms with E-state index in [4.69, 9.17) is 0 Å². The van der Waals surface area contributed by atoms with Gasteiger partial charge in [-0.3, -0.25) is 4.72 Å². The second kappa shape index (κ2) is 5.92. The van der Waals surface area contributed by atoms with Gasteiger partial charge in [0.1, 0.15) is 0 Å². The minimum Gasteiger partial charge on any atom is -0.279 e. The largest absolute Gasteiger partial charge is 0.279 e. The number of anilines is 1. The molecular weight excluding hydrogens is 270 g/mol. The lowest BCUT2D eigenvalue weighted by molar-refractivity contribution is 0.601. The average Bonchev–Trinajstić information content (AvgIpc) is 2.41. The number of hydrogen-bond donors (Lipinski definition) is 1. The van der Waals surface area contributed by atoms with E-state index in [1.54, 1.807) is 36.4 Å². The van der Waals surface area contributed by atoms with Crippen LogP contribution in [0.25, 0.3) is 6.08 Å². The fourth-order valence-electron chi connectivity index (χ4n) is 1.84. The molecule has 0 spiro atoms. The lowest BCUT2D eigenvalue weighted by atomic mass is 10.2. The van der Waals surface area contributed by atoms with Gasteiger partial charge in [0.15, 0.2) is 0 Å². The molecule has 20 heavy (non-hydrogen) atoms. The van der Waals surface area contributed by atoms with E-state index in [1.165, 1.54) is 0 Å². The number of aryl methyl sites for hydroxylation is 1. The number of allylic oxidation sites excluding steroid dienone is 1. The molecule has 0 saturated heterocycles. The number of hydrogen-bond acceptors (Lipinski definition) is 2. The first-order chi connectivity index (χ1) is 9.53. The first-order valence-electron chi connectivity index (χ1n) is 6.34. The van der Waals surface area contributed by atoms with Crippen molar-refractivity contribution in [2.75, 3.05) is 4.72 Å². The van der Waals surface area contributed by atoms with Crippen LogP contribution in [0.15, 0.2) is 59.5 Å². The summed E-state index contributed by atoms with van der Waals surface area (Å²) in [5.41, 5.74) is 2.44. The Morgan fingerprint density at radius 1 is 1.00 bits per heavy atom. The summed E-state index contributed by atoms with van der Waals surface area (Å²) < 4.78 is 27.3. The Balaban J connectivity index is 2.36. The van der Waals surface area contributed by atoms with Gasteiger partial charge in [-0.2, -0.15) is 0 Å². The maximum absolute atomic E-state index is 12.3. The molecule has 0 aromatic heterocycles. The molecule has 3 nitrogen and oxygen atoms in total. The smallest absolute Gasteiger partial charge is 0.261 e. The third-order valence-electron chi connectivity index (χ3n) is 2.88. The molecule has 0 saturated carbocycles. The fraction of sp³-hybridized carbons (Fsp3) is 0.125. The van der Waals surface area contributed by atoms with Crippen molar-refractivity contribution in [2.24, 2.45) is 0 Å². The van der Waals surface area contributed by atoms with E-state index in [0.29, 0.717) is 5.69 Å². The van der Waals surface area contributed by atoms with Crippen LogP contribution in [0.1, 0.15) is 18.1 Å². The van der Waals surface area contributed by atoms with Crippen molar-refractivity contribution in [3.63, 3.8) is 0 Å². The van der Waals surface area contributed by atoms with Gasteiger partial charge in [0.25, 0.3) is 10.0 Å². The number of para-hydroxylation sites is 1. The van der Waals surface area contributed by atoms with Crippen molar-refractivity contribution in [2.45, 2.75) is 18.7 Å². The molecule has 1 N–H and O–H groups in total. The molecule has 0 heterocycles. The van der Waals surface area contributed by atoms with Gasteiger partial charge in [0, 0.05) is 0 Å². The van der Waals surface area contributed by atoms with Gasteiger partial charge in [0.2, 0.25) is 0 Å². The summed E-state index contributed by atoms with van der Waals surface area (Å²) in [5, 5.41) is 0. The van der Waals surface area contributed by atoms with E-state index in [1.807, 2.05) is 38.1 Å². The number of benzene rings is 2. The summed E-state index contributed by atoms with van der Waals surface area (Å²) in [6, 6.07) is 14.1. The van der Waals surface area contributed by atoms with Gasteiger partial charge in [-0.25, -0.2) is 8.42 Å². The first kappa shape index (κ1) is 14.3. The van der Waals surface area contributed by atoms with Crippen molar-refractivity contribution in [3.05, 3.63) is 65.7 Å². The molecular formula is C16H17NO2S. The van der Waals surface area contributed by atoms with E-state index in [9.17, 15) is 8.42 Å². The first-order valence-corrected chi connectivity index (χ1v) is 7.82. The third-order valence-corrected chi connectivity index (χ3v) is 4.26. The Morgan fingerprint density at radius 3 is 2.30 bits per heavy atom. The van der Waals surface area contributed by atoms with Crippen LogP contribution in [0, 0.1) is 6.92 Å². The number of sulfonamides is 1. The van der Waals surface area contributed by atoms with Gasteiger partial charge < -0.3 is 0 Å². The summed E-state index contributed by atoms with van der Waals surface area (Å²) >= 11 is 0. The molecule has 0 amide bonds. The fourth-order valence-corrected chi connectivity index (χ4v) is 2.92. The van der Waals surface area contributed by atoms with Gasteiger partial charge in [0.05, 0.1) is 10.6 Å². The van der Waals surface area contributed by atoms with Gasteiger partial charge in [-0.15, -0.1) is 0 Å². The SMILES string of the molecule is C/C=C/c1ccccc1NS(=O)(=O)c1ccc(C)cc1. The van der Waals surface area contributed by atoms with Gasteiger partial charge in [-0.1, -0.05) is 48.0 Å². The quantitative estimate of drug-likeness (QED) is 0.929. The maximum atomic E-state index is 12.3. The number of rotatable bonds is 4. The molecule has 0 aliphatic heterocycles. The molecule has 0 radical (unpaired) electrons. The zero-order valence-corrected chi connectivity index (χ0v) is 12.3. The summed E-state index contributed by atoms with van der Waals surface area (Å²) in [6.07, 6.45) is 3.74. The van der Waals surface area contributed by atoms with Crippen LogP contribution in [-0.2, 0) is 10.0 Å². The average molecular weight is 287 g/mol. The Morgan fingerprint density at radius 2 is 1.65 bits per heavy atom. The summed E-state index contributed by atoms with van der Waals surface area (Å²) in [7, 11) is -3.55. The van der Waals surface area contributed by atoms with Gasteiger partial charge in [-0.05, 0) is 37.6 Å². The van der Waals surface area contributed by atoms with E-state index < -0.39 is 10.0 Å². The zero-order valence-electron chi connectivity index (χ0n) is 11.5. The van der Waals surface area contributed by atoms with Crippen molar-refractivity contribution < 1.29 is 8.42 Å². The van der Waals surface area contributed by atoms with Crippen LogP contribution < -0.4 is 4.72 Å². The van der Waals surface area contributed by atoms with E-state index in [-0.39, 0.29) is 4.90 Å². The summed E-state index contributed by atoms with van der Waals surface area (Å²) in [6.45, 7) is 3.82. The van der Waals surface area contributed by atoms with Crippen LogP contribution in [0.3, 0.4) is 0 Å². The minimum absolute atomic E-state index is 0.262. The molecule has 0 fully saturated rings. The third kappa shape index (κ3) is 3.27. The molecule has 0 atom stereocenters. The van der Waals surface area contributed by atoms with Crippen LogP contribution in [0.2, 0.25) is 0 Å². The lowest BCUT2D eigenvalue weighted by Crippen LogP contribution is -2.13. The monoisotopic (exact) mass is 287 g/mol. The topological polar surface area (TPSA) is 46.2 Å². The maximum Gasteiger partial charge on any atom is 0.261 e. The molecule has 2 aromatic carbocycles. The molecule has 0 bridgehead atoms. The van der Waals surface area contributed by atoms with E-state index >= 15 is 0 Å². The van der Waals surface area contributed by atoms with Crippen molar-refractivity contribution in [1.82, 2.24) is 0 Å². The highest BCUT2D eigenvalue weighted by Crippen LogP contribution is 2.21. The standard InChI is InChI=1S/C16H17NO2S/c1-3-6-14-7-4-5-8-16(14)17-20(18,19)15-11-9-13(2)10-12-15/h3-12,17H,1-2H3/b6-3+.